The summed E-state index contributed by atoms with van der Waals surface area (Å²) < 4.78 is 5.19. The minimum Gasteiger partial charge on any atom is -0.475 e. The zero-order valence-electron chi connectivity index (χ0n) is 9.98. The van der Waals surface area contributed by atoms with Crippen molar-refractivity contribution in [2.45, 2.75) is 13.0 Å². The van der Waals surface area contributed by atoms with Crippen LogP contribution in [0.1, 0.15) is 22.5 Å². The highest BCUT2D eigenvalue weighted by molar-refractivity contribution is 5.91. The number of hydrogen-bond acceptors (Lipinski definition) is 4. The van der Waals surface area contributed by atoms with Gasteiger partial charge in [0, 0.05) is 11.9 Å². The molecule has 2 aromatic rings. The molecule has 0 amide bonds. The molecule has 5 heteroatoms. The lowest BCUT2D eigenvalue weighted by atomic mass is 10.1. The van der Waals surface area contributed by atoms with Crippen molar-refractivity contribution in [1.82, 2.24) is 5.32 Å². The van der Waals surface area contributed by atoms with Crippen molar-refractivity contribution in [3.05, 3.63) is 35.6 Å². The topological polar surface area (TPSA) is 88.5 Å². The molecule has 0 aliphatic rings. The van der Waals surface area contributed by atoms with E-state index in [2.05, 4.69) is 5.32 Å². The molecule has 96 valence electrons. The second kappa shape index (κ2) is 5.66. The number of carboxylic acid groups (broad SMARTS) is 1. The predicted octanol–water partition coefficient (Wildman–Crippen LogP) is 1.57. The van der Waals surface area contributed by atoms with Crippen LogP contribution >= 0.6 is 0 Å². The second-order valence-corrected chi connectivity index (χ2v) is 4.11. The molecule has 1 aromatic heterocycles. The lowest BCUT2D eigenvalue weighted by Gasteiger charge is -2.03. The Labute approximate surface area is 105 Å². The average molecular weight is 248 g/mol. The minimum atomic E-state index is -1.05. The van der Waals surface area contributed by atoms with Crippen LogP contribution in [0.15, 0.2) is 28.7 Å². The number of carbonyl (C=O) groups is 1. The standard InChI is InChI=1S/C13H16N2O3/c14-4-1-5-15-8-9-2-3-11-10(6-9)7-12(18-11)13(16)17/h2-3,6-7,15H,1,4-5,8,14H2,(H,16,17). The van der Waals surface area contributed by atoms with E-state index >= 15 is 0 Å². The highest BCUT2D eigenvalue weighted by Crippen LogP contribution is 2.20. The van der Waals surface area contributed by atoms with E-state index < -0.39 is 5.97 Å². The Kier molecular flexibility index (Phi) is 3.96. The van der Waals surface area contributed by atoms with Crippen LogP contribution in [0.25, 0.3) is 11.0 Å². The van der Waals surface area contributed by atoms with E-state index in [0.29, 0.717) is 12.1 Å². The maximum Gasteiger partial charge on any atom is 0.371 e. The third-order valence-electron chi connectivity index (χ3n) is 2.68. The van der Waals surface area contributed by atoms with Gasteiger partial charge in [0.1, 0.15) is 5.58 Å². The second-order valence-electron chi connectivity index (χ2n) is 4.11. The molecule has 18 heavy (non-hydrogen) atoms. The molecule has 0 bridgehead atoms. The Morgan fingerprint density at radius 2 is 2.22 bits per heavy atom. The Morgan fingerprint density at radius 3 is 2.94 bits per heavy atom. The number of furan rings is 1. The van der Waals surface area contributed by atoms with Gasteiger partial charge in [0.2, 0.25) is 5.76 Å². The normalized spacial score (nSPS) is 10.9. The molecule has 0 spiro atoms. The zero-order chi connectivity index (χ0) is 13.0. The maximum atomic E-state index is 10.8. The maximum absolute atomic E-state index is 10.8. The van der Waals surface area contributed by atoms with Crippen LogP contribution in [-0.2, 0) is 6.54 Å². The van der Waals surface area contributed by atoms with Crippen molar-refractivity contribution in [2.24, 2.45) is 5.73 Å². The predicted molar refractivity (Wildman–Crippen MR) is 68.6 cm³/mol. The molecular weight excluding hydrogens is 232 g/mol. The van der Waals surface area contributed by atoms with Gasteiger partial charge in [0.25, 0.3) is 0 Å². The monoisotopic (exact) mass is 248 g/mol. The largest absolute Gasteiger partial charge is 0.475 e. The van der Waals surface area contributed by atoms with Gasteiger partial charge < -0.3 is 20.6 Å². The van der Waals surface area contributed by atoms with Gasteiger partial charge in [0.05, 0.1) is 0 Å². The summed E-state index contributed by atoms with van der Waals surface area (Å²) in [6, 6.07) is 7.19. The molecule has 1 aromatic carbocycles. The third kappa shape index (κ3) is 2.88. The number of carboxylic acids is 1. The average Bonchev–Trinajstić information content (AvgIpc) is 2.78. The van der Waals surface area contributed by atoms with Gasteiger partial charge in [-0.2, -0.15) is 0 Å². The fourth-order valence-corrected chi connectivity index (χ4v) is 1.77. The van der Waals surface area contributed by atoms with E-state index in [-0.39, 0.29) is 5.76 Å². The van der Waals surface area contributed by atoms with Gasteiger partial charge in [-0.15, -0.1) is 0 Å². The molecule has 0 unspecified atom stereocenters. The van der Waals surface area contributed by atoms with Crippen LogP contribution in [0.4, 0.5) is 0 Å². The fraction of sp³-hybridized carbons (Fsp3) is 0.308. The quantitative estimate of drug-likeness (QED) is 0.675. The van der Waals surface area contributed by atoms with E-state index in [1.165, 1.54) is 0 Å². The first-order chi connectivity index (χ1) is 8.70. The van der Waals surface area contributed by atoms with Gasteiger partial charge in [-0.05, 0) is 43.3 Å². The lowest BCUT2D eigenvalue weighted by molar-refractivity contribution is 0.0665. The van der Waals surface area contributed by atoms with Crippen molar-refractivity contribution in [2.75, 3.05) is 13.1 Å². The highest BCUT2D eigenvalue weighted by atomic mass is 16.4. The SMILES string of the molecule is NCCCNCc1ccc2oc(C(=O)O)cc2c1. The van der Waals surface area contributed by atoms with Crippen molar-refractivity contribution in [3.8, 4) is 0 Å². The van der Waals surface area contributed by atoms with Gasteiger partial charge in [0.15, 0.2) is 0 Å². The van der Waals surface area contributed by atoms with Gasteiger partial charge in [-0.1, -0.05) is 6.07 Å². The molecule has 0 saturated heterocycles. The van der Waals surface area contributed by atoms with Gasteiger partial charge >= 0.3 is 5.97 Å². The molecular formula is C13H16N2O3. The van der Waals surface area contributed by atoms with E-state index in [1.54, 1.807) is 12.1 Å². The number of rotatable bonds is 6. The lowest BCUT2D eigenvalue weighted by Crippen LogP contribution is -2.17. The van der Waals surface area contributed by atoms with Crippen molar-refractivity contribution in [3.63, 3.8) is 0 Å². The van der Waals surface area contributed by atoms with Crippen molar-refractivity contribution < 1.29 is 14.3 Å². The molecule has 0 saturated carbocycles. The fourth-order valence-electron chi connectivity index (χ4n) is 1.77. The molecule has 0 aliphatic heterocycles. The first kappa shape index (κ1) is 12.6. The van der Waals surface area contributed by atoms with E-state index in [1.807, 2.05) is 12.1 Å². The third-order valence-corrected chi connectivity index (χ3v) is 2.68. The summed E-state index contributed by atoms with van der Waals surface area (Å²) in [7, 11) is 0. The van der Waals surface area contributed by atoms with Crippen LogP contribution in [0.3, 0.4) is 0 Å². The molecule has 0 fully saturated rings. The van der Waals surface area contributed by atoms with Crippen LogP contribution in [0, 0.1) is 0 Å². The highest BCUT2D eigenvalue weighted by Gasteiger charge is 2.10. The number of hydrogen-bond donors (Lipinski definition) is 3. The van der Waals surface area contributed by atoms with Crippen LogP contribution in [-0.4, -0.2) is 24.2 Å². The summed E-state index contributed by atoms with van der Waals surface area (Å²) in [5, 5.41) is 12.9. The summed E-state index contributed by atoms with van der Waals surface area (Å²) in [5.74, 6) is -1.08. The zero-order valence-corrected chi connectivity index (χ0v) is 9.98. The van der Waals surface area contributed by atoms with E-state index in [0.717, 1.165) is 30.5 Å². The molecule has 0 atom stereocenters. The molecule has 4 N–H and O–H groups in total. The molecule has 0 aliphatic carbocycles. The summed E-state index contributed by atoms with van der Waals surface area (Å²) >= 11 is 0. The molecule has 0 radical (unpaired) electrons. The summed E-state index contributed by atoms with van der Waals surface area (Å²) in [6.07, 6.45) is 0.942. The molecule has 5 nitrogen and oxygen atoms in total. The summed E-state index contributed by atoms with van der Waals surface area (Å²) in [6.45, 7) is 2.29. The summed E-state index contributed by atoms with van der Waals surface area (Å²) in [5.41, 5.74) is 7.10. The number of aromatic carboxylic acids is 1. The number of nitrogens with one attached hydrogen (secondary N) is 1. The smallest absolute Gasteiger partial charge is 0.371 e. The Balaban J connectivity index is 2.09. The first-order valence-corrected chi connectivity index (χ1v) is 5.87. The number of fused-ring (bicyclic) bond motifs is 1. The summed E-state index contributed by atoms with van der Waals surface area (Å²) in [4.78, 5) is 10.8. The van der Waals surface area contributed by atoms with Crippen molar-refractivity contribution >= 4 is 16.9 Å². The number of nitrogens with two attached hydrogens (primary N) is 1. The Hall–Kier alpha value is -1.85. The molecule has 2 rings (SSSR count). The molecule has 1 heterocycles. The Morgan fingerprint density at radius 1 is 1.39 bits per heavy atom. The van der Waals surface area contributed by atoms with Crippen LogP contribution < -0.4 is 11.1 Å². The first-order valence-electron chi connectivity index (χ1n) is 5.87. The van der Waals surface area contributed by atoms with Gasteiger partial charge in [-0.3, -0.25) is 0 Å². The van der Waals surface area contributed by atoms with Crippen molar-refractivity contribution in [1.29, 1.82) is 0 Å². The number of benzene rings is 1. The minimum absolute atomic E-state index is 0.0294. The van der Waals surface area contributed by atoms with Crippen LogP contribution in [0.5, 0.6) is 0 Å². The van der Waals surface area contributed by atoms with E-state index in [4.69, 9.17) is 15.3 Å². The van der Waals surface area contributed by atoms with Crippen LogP contribution in [0.2, 0.25) is 0 Å². The van der Waals surface area contributed by atoms with Gasteiger partial charge in [-0.25, -0.2) is 4.79 Å². The Bertz CT molecular complexity index is 548. The van der Waals surface area contributed by atoms with E-state index in [9.17, 15) is 4.79 Å².